The van der Waals surface area contributed by atoms with E-state index in [2.05, 4.69) is 10.3 Å². The minimum atomic E-state index is -0.418. The molecule has 0 bridgehead atoms. The van der Waals surface area contributed by atoms with E-state index in [0.717, 1.165) is 5.69 Å². The molecule has 118 valence electrons. The highest BCUT2D eigenvalue weighted by atomic mass is 79.9. The van der Waals surface area contributed by atoms with Crippen molar-refractivity contribution in [1.29, 1.82) is 0 Å². The van der Waals surface area contributed by atoms with Crippen LogP contribution in [0, 0.1) is 10.1 Å². The summed E-state index contributed by atoms with van der Waals surface area (Å²) in [5, 5.41) is 17.1. The molecule has 0 amide bonds. The Hall–Kier alpha value is -1.96. The summed E-state index contributed by atoms with van der Waals surface area (Å²) >= 11 is 7.50. The van der Waals surface area contributed by atoms with E-state index >= 15 is 0 Å². The van der Waals surface area contributed by atoms with Crippen LogP contribution in [0.25, 0.3) is 11.3 Å². The maximum absolute atomic E-state index is 10.8. The number of benzene rings is 2. The second kappa shape index (κ2) is 7.54. The van der Waals surface area contributed by atoms with Gasteiger partial charge in [-0.1, -0.05) is 35.9 Å². The molecule has 8 heteroatoms. The minimum Gasteiger partial charge on any atom is -1.00 e. The number of rotatable bonds is 4. The van der Waals surface area contributed by atoms with E-state index in [4.69, 9.17) is 11.6 Å². The first-order valence-electron chi connectivity index (χ1n) is 6.35. The van der Waals surface area contributed by atoms with Gasteiger partial charge in [-0.05, 0) is 12.1 Å². The summed E-state index contributed by atoms with van der Waals surface area (Å²) in [5.74, 6) is 0. The van der Waals surface area contributed by atoms with Gasteiger partial charge in [0.2, 0.25) is 0 Å². The number of nitrogens with zero attached hydrogens (tertiary/aromatic N) is 2. The van der Waals surface area contributed by atoms with E-state index in [-0.39, 0.29) is 22.7 Å². The van der Waals surface area contributed by atoms with Crippen molar-refractivity contribution in [2.45, 2.75) is 0 Å². The molecule has 0 saturated carbocycles. The van der Waals surface area contributed by atoms with Gasteiger partial charge in [0, 0.05) is 23.1 Å². The standard InChI is InChI=1S/C15H10ClN3O2S.BrH/c16-12-6-1-2-7-13(12)17-15-18-14(9-22-15)10-4-3-5-11(8-10)19(20)21;/h1-9H,(H,17,18);1H/p-1. The van der Waals surface area contributed by atoms with Crippen molar-refractivity contribution in [3.63, 3.8) is 0 Å². The van der Waals surface area contributed by atoms with Crippen LogP contribution in [-0.4, -0.2) is 9.91 Å². The Kier molecular flexibility index (Phi) is 5.70. The highest BCUT2D eigenvalue weighted by Crippen LogP contribution is 2.31. The first kappa shape index (κ1) is 17.4. The molecule has 3 rings (SSSR count). The van der Waals surface area contributed by atoms with E-state index in [9.17, 15) is 10.1 Å². The molecule has 23 heavy (non-hydrogen) atoms. The number of thiazole rings is 1. The number of nitro groups is 1. The van der Waals surface area contributed by atoms with E-state index in [0.29, 0.717) is 21.4 Å². The fourth-order valence-corrected chi connectivity index (χ4v) is 2.84. The third-order valence-electron chi connectivity index (χ3n) is 2.97. The summed E-state index contributed by atoms with van der Waals surface area (Å²) in [6, 6.07) is 13.8. The van der Waals surface area contributed by atoms with Crippen LogP contribution in [0.2, 0.25) is 5.02 Å². The van der Waals surface area contributed by atoms with Crippen molar-refractivity contribution >= 4 is 39.4 Å². The fraction of sp³-hybridized carbons (Fsp3) is 0. The molecular weight excluding hydrogens is 402 g/mol. The lowest BCUT2D eigenvalue weighted by Gasteiger charge is -2.04. The average molecular weight is 412 g/mol. The maximum atomic E-state index is 10.8. The van der Waals surface area contributed by atoms with Crippen LogP contribution in [0.1, 0.15) is 0 Å². The van der Waals surface area contributed by atoms with Gasteiger partial charge in [0.1, 0.15) is 0 Å². The van der Waals surface area contributed by atoms with Gasteiger partial charge >= 0.3 is 0 Å². The number of aromatic nitrogens is 1. The number of para-hydroxylation sites is 1. The smallest absolute Gasteiger partial charge is 0.270 e. The number of non-ortho nitro benzene ring substituents is 1. The topological polar surface area (TPSA) is 68.1 Å². The molecule has 1 N–H and O–H groups in total. The van der Waals surface area contributed by atoms with Crippen molar-refractivity contribution < 1.29 is 21.9 Å². The number of hydrogen-bond donors (Lipinski definition) is 1. The van der Waals surface area contributed by atoms with E-state index in [1.165, 1.54) is 23.5 Å². The Bertz CT molecular complexity index is 841. The third kappa shape index (κ3) is 4.07. The molecule has 1 heterocycles. The highest BCUT2D eigenvalue weighted by Gasteiger charge is 2.10. The zero-order chi connectivity index (χ0) is 15.5. The highest BCUT2D eigenvalue weighted by molar-refractivity contribution is 7.14. The molecule has 0 saturated heterocycles. The Morgan fingerprint density at radius 3 is 2.70 bits per heavy atom. The molecule has 0 fully saturated rings. The van der Waals surface area contributed by atoms with Crippen molar-refractivity contribution in [3.05, 3.63) is 69.0 Å². The van der Waals surface area contributed by atoms with E-state index < -0.39 is 4.92 Å². The molecule has 0 aliphatic heterocycles. The molecule has 0 spiro atoms. The monoisotopic (exact) mass is 410 g/mol. The van der Waals surface area contributed by atoms with Crippen LogP contribution in [-0.2, 0) is 0 Å². The van der Waals surface area contributed by atoms with Crippen molar-refractivity contribution in [3.8, 4) is 11.3 Å². The Morgan fingerprint density at radius 2 is 1.96 bits per heavy atom. The van der Waals surface area contributed by atoms with Crippen molar-refractivity contribution in [1.82, 2.24) is 4.98 Å². The zero-order valence-electron chi connectivity index (χ0n) is 11.6. The molecule has 0 aliphatic carbocycles. The molecule has 2 aromatic carbocycles. The van der Waals surface area contributed by atoms with Crippen LogP contribution in [0.15, 0.2) is 53.9 Å². The normalized spacial score (nSPS) is 9.96. The molecule has 3 aromatic rings. The summed E-state index contributed by atoms with van der Waals surface area (Å²) in [6.07, 6.45) is 0. The van der Waals surface area contributed by atoms with Crippen LogP contribution in [0.5, 0.6) is 0 Å². The number of halogens is 2. The first-order valence-corrected chi connectivity index (χ1v) is 7.61. The molecule has 0 aliphatic rings. The number of nitrogens with one attached hydrogen (secondary N) is 1. The molecule has 0 atom stereocenters. The quantitative estimate of drug-likeness (QED) is 0.527. The maximum Gasteiger partial charge on any atom is 0.270 e. The predicted molar refractivity (Wildman–Crippen MR) is 88.9 cm³/mol. The third-order valence-corrected chi connectivity index (χ3v) is 4.06. The lowest BCUT2D eigenvalue weighted by molar-refractivity contribution is -0.384. The summed E-state index contributed by atoms with van der Waals surface area (Å²) in [4.78, 5) is 14.9. The molecule has 1 aromatic heterocycles. The molecule has 5 nitrogen and oxygen atoms in total. The summed E-state index contributed by atoms with van der Waals surface area (Å²) in [5.41, 5.74) is 2.20. The molecular formula is C15H10BrClN3O2S-. The van der Waals surface area contributed by atoms with Crippen molar-refractivity contribution in [2.75, 3.05) is 5.32 Å². The van der Waals surface area contributed by atoms with Crippen LogP contribution in [0.3, 0.4) is 0 Å². The zero-order valence-corrected chi connectivity index (χ0v) is 14.7. The van der Waals surface area contributed by atoms with Gasteiger partial charge in [0.15, 0.2) is 5.13 Å². The summed E-state index contributed by atoms with van der Waals surface area (Å²) in [6.45, 7) is 0. The second-order valence-electron chi connectivity index (χ2n) is 4.45. The Morgan fingerprint density at radius 1 is 1.17 bits per heavy atom. The summed E-state index contributed by atoms with van der Waals surface area (Å²) < 4.78 is 0. The van der Waals surface area contributed by atoms with Crippen LogP contribution < -0.4 is 22.3 Å². The van der Waals surface area contributed by atoms with Gasteiger partial charge in [0.05, 0.1) is 21.3 Å². The lowest BCUT2D eigenvalue weighted by atomic mass is 10.1. The first-order chi connectivity index (χ1) is 10.6. The average Bonchev–Trinajstić information content (AvgIpc) is 2.98. The van der Waals surface area contributed by atoms with Gasteiger partial charge in [-0.2, -0.15) is 0 Å². The minimum absolute atomic E-state index is 0. The van der Waals surface area contributed by atoms with Gasteiger partial charge in [-0.3, -0.25) is 10.1 Å². The number of anilines is 2. The largest absolute Gasteiger partial charge is 1.00 e. The van der Waals surface area contributed by atoms with E-state index in [1.807, 2.05) is 23.6 Å². The number of nitro benzene ring substituents is 1. The Balaban J connectivity index is 0.00000192. The SMILES string of the molecule is O=[N+]([O-])c1cccc(-c2csc(Nc3ccccc3Cl)n2)c1.[Br-]. The van der Waals surface area contributed by atoms with Gasteiger partial charge < -0.3 is 22.3 Å². The number of hydrogen-bond acceptors (Lipinski definition) is 5. The second-order valence-corrected chi connectivity index (χ2v) is 5.72. The van der Waals surface area contributed by atoms with Crippen LogP contribution >= 0.6 is 22.9 Å². The Labute approximate surface area is 151 Å². The molecule has 0 radical (unpaired) electrons. The predicted octanol–water partition coefficient (Wildman–Crippen LogP) is 2.12. The van der Waals surface area contributed by atoms with Gasteiger partial charge in [-0.25, -0.2) is 4.98 Å². The van der Waals surface area contributed by atoms with Gasteiger partial charge in [0.25, 0.3) is 5.69 Å². The lowest BCUT2D eigenvalue weighted by Crippen LogP contribution is -3.00. The molecule has 0 unspecified atom stereocenters. The fourth-order valence-electron chi connectivity index (χ4n) is 1.92. The van der Waals surface area contributed by atoms with Crippen molar-refractivity contribution in [2.24, 2.45) is 0 Å². The van der Waals surface area contributed by atoms with Crippen LogP contribution in [0.4, 0.5) is 16.5 Å². The summed E-state index contributed by atoms with van der Waals surface area (Å²) in [7, 11) is 0. The van der Waals surface area contributed by atoms with Gasteiger partial charge in [-0.15, -0.1) is 11.3 Å². The van der Waals surface area contributed by atoms with E-state index in [1.54, 1.807) is 18.2 Å².